The summed E-state index contributed by atoms with van der Waals surface area (Å²) in [6.45, 7) is 1.10. The Balaban J connectivity index is 1.68. The van der Waals surface area contributed by atoms with Crippen molar-refractivity contribution in [1.82, 2.24) is 9.80 Å². The summed E-state index contributed by atoms with van der Waals surface area (Å²) in [6.07, 6.45) is 0. The zero-order valence-electron chi connectivity index (χ0n) is 14.2. The molecule has 0 spiro atoms. The molecular weight excluding hydrogens is 342 g/mol. The molecule has 5 nitrogen and oxygen atoms in total. The minimum absolute atomic E-state index is 0.188. The Morgan fingerprint density at radius 2 is 1.46 bits per heavy atom. The number of benzene rings is 2. The summed E-state index contributed by atoms with van der Waals surface area (Å²) in [7, 11) is 1.50. The van der Waals surface area contributed by atoms with Crippen molar-refractivity contribution in [2.45, 2.75) is 0 Å². The van der Waals surface area contributed by atoms with E-state index in [0.29, 0.717) is 24.4 Å². The lowest BCUT2D eigenvalue weighted by Gasteiger charge is -2.35. The largest absolute Gasteiger partial charge is 0.496 e. The Bertz CT molecular complexity index is 833. The van der Waals surface area contributed by atoms with Crippen LogP contribution < -0.4 is 4.74 Å². The molecule has 1 aliphatic heterocycles. The molecule has 26 heavy (non-hydrogen) atoms. The summed E-state index contributed by atoms with van der Waals surface area (Å²) in [6, 6.07) is 9.71. The van der Waals surface area contributed by atoms with Gasteiger partial charge >= 0.3 is 0 Å². The highest BCUT2D eigenvalue weighted by Crippen LogP contribution is 2.21. The molecule has 3 rings (SSSR count). The van der Waals surface area contributed by atoms with Crippen LogP contribution >= 0.6 is 0 Å². The van der Waals surface area contributed by atoms with Gasteiger partial charge in [-0.05, 0) is 30.3 Å². The molecule has 0 aliphatic carbocycles. The minimum Gasteiger partial charge on any atom is -0.496 e. The first-order chi connectivity index (χ1) is 12.5. The van der Waals surface area contributed by atoms with Gasteiger partial charge in [0.1, 0.15) is 17.4 Å². The van der Waals surface area contributed by atoms with Crippen molar-refractivity contribution >= 4 is 11.8 Å². The maximum absolute atomic E-state index is 13.8. The van der Waals surface area contributed by atoms with Crippen molar-refractivity contribution in [3.05, 3.63) is 65.2 Å². The predicted molar refractivity (Wildman–Crippen MR) is 91.2 cm³/mol. The minimum atomic E-state index is -0.760. The quantitative estimate of drug-likeness (QED) is 0.845. The molecule has 1 saturated heterocycles. The molecule has 0 saturated carbocycles. The van der Waals surface area contributed by atoms with Gasteiger partial charge in [0, 0.05) is 26.2 Å². The van der Waals surface area contributed by atoms with Gasteiger partial charge in [0.25, 0.3) is 11.8 Å². The molecule has 2 amide bonds. The summed E-state index contributed by atoms with van der Waals surface area (Å²) in [5.41, 5.74) is 0.153. The smallest absolute Gasteiger partial charge is 0.257 e. The summed E-state index contributed by atoms with van der Waals surface area (Å²) in [4.78, 5) is 28.1. The Morgan fingerprint density at radius 1 is 0.885 bits per heavy atom. The van der Waals surface area contributed by atoms with Gasteiger partial charge in [-0.15, -0.1) is 0 Å². The molecule has 0 radical (unpaired) electrons. The Hall–Kier alpha value is -2.96. The maximum atomic E-state index is 13.8. The van der Waals surface area contributed by atoms with Gasteiger partial charge in [-0.2, -0.15) is 0 Å². The van der Waals surface area contributed by atoms with Crippen LogP contribution in [0.1, 0.15) is 20.7 Å². The van der Waals surface area contributed by atoms with E-state index in [-0.39, 0.29) is 24.6 Å². The molecule has 0 unspecified atom stereocenters. The molecule has 136 valence electrons. The zero-order valence-corrected chi connectivity index (χ0v) is 14.2. The number of nitrogens with zero attached hydrogens (tertiary/aromatic N) is 2. The van der Waals surface area contributed by atoms with Gasteiger partial charge in [0.2, 0.25) is 0 Å². The van der Waals surface area contributed by atoms with E-state index in [0.717, 1.165) is 18.2 Å². The number of methoxy groups -OCH3 is 1. The van der Waals surface area contributed by atoms with Gasteiger partial charge in [-0.25, -0.2) is 8.78 Å². The highest BCUT2D eigenvalue weighted by atomic mass is 19.1. The van der Waals surface area contributed by atoms with Crippen molar-refractivity contribution in [2.75, 3.05) is 33.3 Å². The van der Waals surface area contributed by atoms with Crippen LogP contribution in [0.2, 0.25) is 0 Å². The Labute approximate surface area is 149 Å². The maximum Gasteiger partial charge on any atom is 0.257 e. The monoisotopic (exact) mass is 360 g/mol. The van der Waals surface area contributed by atoms with Crippen LogP contribution in [-0.2, 0) is 0 Å². The van der Waals surface area contributed by atoms with Crippen molar-refractivity contribution in [1.29, 1.82) is 0 Å². The molecule has 0 bridgehead atoms. The number of carbonyl (C=O) groups is 2. The second-order valence-corrected chi connectivity index (χ2v) is 5.91. The highest BCUT2D eigenvalue weighted by Gasteiger charge is 2.28. The third-order valence-electron chi connectivity index (χ3n) is 4.35. The summed E-state index contributed by atoms with van der Waals surface area (Å²) < 4.78 is 32.3. The predicted octanol–water partition coefficient (Wildman–Crippen LogP) is 2.57. The SMILES string of the molecule is COc1ccccc1C(=O)N1CCN(C(=O)c2cc(F)ccc2F)CC1. The molecular formula is C19H18F2N2O3. The van der Waals surface area contributed by atoms with E-state index in [4.69, 9.17) is 4.74 Å². The van der Waals surface area contributed by atoms with E-state index in [1.165, 1.54) is 12.0 Å². The summed E-state index contributed by atoms with van der Waals surface area (Å²) in [5, 5.41) is 0. The number of piperazine rings is 1. The Kier molecular flexibility index (Phi) is 5.16. The fourth-order valence-electron chi connectivity index (χ4n) is 2.94. The van der Waals surface area contributed by atoms with E-state index < -0.39 is 17.5 Å². The van der Waals surface area contributed by atoms with Crippen LogP contribution in [0.5, 0.6) is 5.75 Å². The van der Waals surface area contributed by atoms with Crippen molar-refractivity contribution in [2.24, 2.45) is 0 Å². The first-order valence-corrected chi connectivity index (χ1v) is 8.18. The average molecular weight is 360 g/mol. The number of halogens is 2. The average Bonchev–Trinajstić information content (AvgIpc) is 2.68. The lowest BCUT2D eigenvalue weighted by molar-refractivity contribution is 0.0530. The van der Waals surface area contributed by atoms with Gasteiger partial charge < -0.3 is 14.5 Å². The molecule has 2 aromatic carbocycles. The third-order valence-corrected chi connectivity index (χ3v) is 4.35. The normalized spacial score (nSPS) is 14.3. The standard InChI is InChI=1S/C19H18F2N2O3/c1-26-17-5-3-2-4-14(17)18(24)22-8-10-23(11-9-22)19(25)15-12-13(20)6-7-16(15)21/h2-7,12H,8-11H2,1H3. The lowest BCUT2D eigenvalue weighted by Crippen LogP contribution is -2.50. The molecule has 0 N–H and O–H groups in total. The van der Waals surface area contributed by atoms with E-state index in [9.17, 15) is 18.4 Å². The van der Waals surface area contributed by atoms with Gasteiger partial charge in [0.15, 0.2) is 0 Å². The Morgan fingerprint density at radius 3 is 2.08 bits per heavy atom. The van der Waals surface area contributed by atoms with Crippen LogP contribution in [0.15, 0.2) is 42.5 Å². The van der Waals surface area contributed by atoms with Crippen LogP contribution in [-0.4, -0.2) is 54.9 Å². The number of hydrogen-bond donors (Lipinski definition) is 0. The lowest BCUT2D eigenvalue weighted by atomic mass is 10.1. The molecule has 0 atom stereocenters. The van der Waals surface area contributed by atoms with Crippen LogP contribution in [0.25, 0.3) is 0 Å². The molecule has 0 aromatic heterocycles. The molecule has 1 heterocycles. The first kappa shape index (κ1) is 17.8. The molecule has 2 aromatic rings. The van der Waals surface area contributed by atoms with E-state index in [1.54, 1.807) is 29.2 Å². The fourth-order valence-corrected chi connectivity index (χ4v) is 2.94. The summed E-state index contributed by atoms with van der Waals surface area (Å²) >= 11 is 0. The van der Waals surface area contributed by atoms with E-state index >= 15 is 0 Å². The number of carbonyl (C=O) groups excluding carboxylic acids is 2. The van der Waals surface area contributed by atoms with Crippen LogP contribution in [0, 0.1) is 11.6 Å². The van der Waals surface area contributed by atoms with Gasteiger partial charge in [-0.1, -0.05) is 12.1 Å². The second-order valence-electron chi connectivity index (χ2n) is 5.91. The van der Waals surface area contributed by atoms with Crippen LogP contribution in [0.3, 0.4) is 0 Å². The van der Waals surface area contributed by atoms with Gasteiger partial charge in [-0.3, -0.25) is 9.59 Å². The number of ether oxygens (including phenoxy) is 1. The fraction of sp³-hybridized carbons (Fsp3) is 0.263. The van der Waals surface area contributed by atoms with Crippen LogP contribution in [0.4, 0.5) is 8.78 Å². The molecule has 1 fully saturated rings. The van der Waals surface area contributed by atoms with Crippen molar-refractivity contribution in [3.63, 3.8) is 0 Å². The van der Waals surface area contributed by atoms with Gasteiger partial charge in [0.05, 0.1) is 18.2 Å². The number of hydrogen-bond acceptors (Lipinski definition) is 3. The zero-order chi connectivity index (χ0) is 18.7. The highest BCUT2D eigenvalue weighted by molar-refractivity contribution is 5.97. The van der Waals surface area contributed by atoms with Crippen molar-refractivity contribution in [3.8, 4) is 5.75 Å². The molecule has 7 heteroatoms. The van der Waals surface area contributed by atoms with E-state index in [2.05, 4.69) is 0 Å². The van der Waals surface area contributed by atoms with E-state index in [1.807, 2.05) is 0 Å². The number of rotatable bonds is 3. The molecule has 1 aliphatic rings. The van der Waals surface area contributed by atoms with Crippen molar-refractivity contribution < 1.29 is 23.1 Å². The third kappa shape index (κ3) is 3.51. The second kappa shape index (κ2) is 7.51. The number of amides is 2. The number of para-hydroxylation sites is 1. The first-order valence-electron chi connectivity index (χ1n) is 8.18. The topological polar surface area (TPSA) is 49.9 Å². The summed E-state index contributed by atoms with van der Waals surface area (Å²) in [5.74, 6) is -1.71.